The molecule has 12 heteroatoms. The molecule has 0 aliphatic rings. The lowest BCUT2D eigenvalue weighted by Crippen LogP contribution is -2.21. The second-order valence-corrected chi connectivity index (χ2v) is 9.45. The van der Waals surface area contributed by atoms with E-state index in [9.17, 15) is 27.2 Å². The van der Waals surface area contributed by atoms with Crippen molar-refractivity contribution in [3.8, 4) is 11.5 Å². The average Bonchev–Trinajstić information content (AvgIpc) is 3.44. The van der Waals surface area contributed by atoms with Gasteiger partial charge in [-0.1, -0.05) is 11.6 Å². The quantitative estimate of drug-likeness (QED) is 0.119. The summed E-state index contributed by atoms with van der Waals surface area (Å²) in [5.41, 5.74) is -0.843. The maximum atomic E-state index is 13.9. The first kappa shape index (κ1) is 29.6. The van der Waals surface area contributed by atoms with Gasteiger partial charge in [0.15, 0.2) is 12.4 Å². The van der Waals surface area contributed by atoms with E-state index >= 15 is 0 Å². The van der Waals surface area contributed by atoms with Crippen molar-refractivity contribution >= 4 is 29.0 Å². The molecular weight excluding hydrogens is 566 g/mol. The van der Waals surface area contributed by atoms with E-state index in [1.54, 1.807) is 37.6 Å². The summed E-state index contributed by atoms with van der Waals surface area (Å²) in [4.78, 5) is 29.6. The van der Waals surface area contributed by atoms with Gasteiger partial charge in [0, 0.05) is 35.2 Å². The SMILES string of the molecule is Cc1cc(OCCCn2ccnc2)ccc1NC(=O)COc1ccc(Cl)cc1C(=O)c1cc(F)cc(C(F)(F)F)c1. The van der Waals surface area contributed by atoms with Gasteiger partial charge in [-0.15, -0.1) is 0 Å². The van der Waals surface area contributed by atoms with Gasteiger partial charge in [-0.3, -0.25) is 9.59 Å². The van der Waals surface area contributed by atoms with Crippen molar-refractivity contribution in [3.05, 3.63) is 106 Å². The highest BCUT2D eigenvalue weighted by Crippen LogP contribution is 2.32. The number of hydrogen-bond acceptors (Lipinski definition) is 5. The Balaban J connectivity index is 1.38. The Bertz CT molecular complexity index is 1540. The number of aromatic nitrogens is 2. The van der Waals surface area contributed by atoms with Crippen LogP contribution in [-0.4, -0.2) is 34.5 Å². The number of hydrogen-bond donors (Lipinski definition) is 1. The predicted molar refractivity (Wildman–Crippen MR) is 144 cm³/mol. The summed E-state index contributed by atoms with van der Waals surface area (Å²) in [6.07, 6.45) is 1.23. The highest BCUT2D eigenvalue weighted by Gasteiger charge is 2.32. The molecule has 4 rings (SSSR count). The number of aryl methyl sites for hydroxylation is 2. The summed E-state index contributed by atoms with van der Waals surface area (Å²) in [6, 6.07) is 10.5. The first-order chi connectivity index (χ1) is 19.5. The summed E-state index contributed by atoms with van der Waals surface area (Å²) < 4.78 is 66.5. The second kappa shape index (κ2) is 12.9. The molecule has 7 nitrogen and oxygen atoms in total. The maximum Gasteiger partial charge on any atom is 0.416 e. The summed E-state index contributed by atoms with van der Waals surface area (Å²) in [5, 5.41) is 2.80. The van der Waals surface area contributed by atoms with Crippen LogP contribution in [0.5, 0.6) is 11.5 Å². The first-order valence-electron chi connectivity index (χ1n) is 12.3. The molecule has 0 aliphatic heterocycles. The molecule has 0 aliphatic carbocycles. The molecule has 0 saturated carbocycles. The molecular formula is C29H24ClF4N3O4. The van der Waals surface area contributed by atoms with Crippen LogP contribution in [0.1, 0.15) is 33.5 Å². The first-order valence-corrected chi connectivity index (χ1v) is 12.7. The molecule has 214 valence electrons. The molecule has 0 spiro atoms. The van der Waals surface area contributed by atoms with Gasteiger partial charge in [-0.25, -0.2) is 9.37 Å². The zero-order valence-electron chi connectivity index (χ0n) is 21.7. The number of carbonyl (C=O) groups excluding carboxylic acids is 2. The zero-order valence-corrected chi connectivity index (χ0v) is 22.4. The van der Waals surface area contributed by atoms with Crippen molar-refractivity contribution in [2.45, 2.75) is 26.1 Å². The fraction of sp³-hybridized carbons (Fsp3) is 0.207. The highest BCUT2D eigenvalue weighted by atomic mass is 35.5. The Morgan fingerprint density at radius 3 is 2.56 bits per heavy atom. The minimum atomic E-state index is -4.85. The number of anilines is 1. The zero-order chi connectivity index (χ0) is 29.6. The number of carbonyl (C=O) groups is 2. The Kier molecular flexibility index (Phi) is 9.28. The molecule has 1 aromatic heterocycles. The largest absolute Gasteiger partial charge is 0.494 e. The third kappa shape index (κ3) is 8.07. The minimum Gasteiger partial charge on any atom is -0.494 e. The van der Waals surface area contributed by atoms with E-state index in [1.165, 1.54) is 18.2 Å². The van der Waals surface area contributed by atoms with Crippen LogP contribution >= 0.6 is 11.6 Å². The third-order valence-corrected chi connectivity index (χ3v) is 6.13. The Morgan fingerprint density at radius 1 is 1.05 bits per heavy atom. The van der Waals surface area contributed by atoms with Gasteiger partial charge < -0.3 is 19.4 Å². The lowest BCUT2D eigenvalue weighted by Gasteiger charge is -2.14. The number of nitrogens with one attached hydrogen (secondary N) is 1. The van der Waals surface area contributed by atoms with Crippen LogP contribution in [-0.2, 0) is 17.5 Å². The number of rotatable bonds is 11. The fourth-order valence-corrected chi connectivity index (χ4v) is 4.07. The topological polar surface area (TPSA) is 82.4 Å². The summed E-state index contributed by atoms with van der Waals surface area (Å²) in [7, 11) is 0. The van der Waals surface area contributed by atoms with Crippen molar-refractivity contribution in [1.82, 2.24) is 9.55 Å². The molecule has 0 radical (unpaired) electrons. The normalized spacial score (nSPS) is 11.3. The van der Waals surface area contributed by atoms with Crippen LogP contribution in [0.25, 0.3) is 0 Å². The van der Waals surface area contributed by atoms with Crippen LogP contribution < -0.4 is 14.8 Å². The lowest BCUT2D eigenvalue weighted by molar-refractivity contribution is -0.137. The van der Waals surface area contributed by atoms with E-state index in [-0.39, 0.29) is 16.3 Å². The standard InChI is InChI=1S/C29H24ClF4N3O4/c1-18-11-23(40-10-2-8-37-9-7-35-17-37)4-5-25(18)36-27(38)16-41-26-6-3-21(30)15-24(26)28(39)19-12-20(29(32,33)34)14-22(31)13-19/h3-7,9,11-15,17H,2,8,10,16H2,1H3,(H,36,38). The summed E-state index contributed by atoms with van der Waals surface area (Å²) >= 11 is 5.99. The van der Waals surface area contributed by atoms with E-state index in [0.29, 0.717) is 36.2 Å². The summed E-state index contributed by atoms with van der Waals surface area (Å²) in [5.74, 6) is -2.21. The maximum absolute atomic E-state index is 13.9. The van der Waals surface area contributed by atoms with Gasteiger partial charge in [-0.2, -0.15) is 13.2 Å². The third-order valence-electron chi connectivity index (χ3n) is 5.89. The van der Waals surface area contributed by atoms with Crippen molar-refractivity contribution in [2.75, 3.05) is 18.5 Å². The van der Waals surface area contributed by atoms with Crippen LogP contribution in [0.2, 0.25) is 5.02 Å². The van der Waals surface area contributed by atoms with E-state index in [0.717, 1.165) is 18.5 Å². The molecule has 0 unspecified atom stereocenters. The minimum absolute atomic E-state index is 0.0947. The van der Waals surface area contributed by atoms with Gasteiger partial charge >= 0.3 is 6.18 Å². The number of nitrogens with zero attached hydrogens (tertiary/aromatic N) is 2. The number of halogens is 5. The molecule has 4 aromatic rings. The van der Waals surface area contributed by atoms with Crippen LogP contribution in [0.4, 0.5) is 23.2 Å². The van der Waals surface area contributed by atoms with E-state index in [2.05, 4.69) is 10.3 Å². The summed E-state index contributed by atoms with van der Waals surface area (Å²) in [6.45, 7) is 2.53. The number of imidazole rings is 1. The van der Waals surface area contributed by atoms with Gasteiger partial charge in [0.1, 0.15) is 17.3 Å². The van der Waals surface area contributed by atoms with Gasteiger partial charge in [0.2, 0.25) is 0 Å². The van der Waals surface area contributed by atoms with Crippen molar-refractivity contribution in [3.63, 3.8) is 0 Å². The van der Waals surface area contributed by atoms with Gasteiger partial charge in [-0.05, 0) is 73.5 Å². The van der Waals surface area contributed by atoms with Gasteiger partial charge in [0.25, 0.3) is 5.91 Å². The molecule has 0 fully saturated rings. The predicted octanol–water partition coefficient (Wildman–Crippen LogP) is 6.72. The molecule has 3 aromatic carbocycles. The van der Waals surface area contributed by atoms with Crippen LogP contribution in [0.3, 0.4) is 0 Å². The molecule has 41 heavy (non-hydrogen) atoms. The average molecular weight is 590 g/mol. The number of benzene rings is 3. The highest BCUT2D eigenvalue weighted by molar-refractivity contribution is 6.31. The van der Waals surface area contributed by atoms with Gasteiger partial charge in [0.05, 0.1) is 24.1 Å². The Labute approximate surface area is 237 Å². The van der Waals surface area contributed by atoms with Crippen molar-refractivity contribution in [2.24, 2.45) is 0 Å². The lowest BCUT2D eigenvalue weighted by atomic mass is 10.00. The number of alkyl halides is 3. The second-order valence-electron chi connectivity index (χ2n) is 9.01. The van der Waals surface area contributed by atoms with E-state index < -0.39 is 41.4 Å². The smallest absolute Gasteiger partial charge is 0.416 e. The molecule has 0 bridgehead atoms. The van der Waals surface area contributed by atoms with Crippen molar-refractivity contribution < 1.29 is 36.6 Å². The molecule has 0 saturated heterocycles. The van der Waals surface area contributed by atoms with Crippen LogP contribution in [0, 0.1) is 12.7 Å². The fourth-order valence-electron chi connectivity index (χ4n) is 3.90. The molecule has 1 N–H and O–H groups in total. The Hall–Kier alpha value is -4.38. The van der Waals surface area contributed by atoms with E-state index in [1.807, 2.05) is 10.8 Å². The molecule has 0 atom stereocenters. The number of ketones is 1. The van der Waals surface area contributed by atoms with E-state index in [4.69, 9.17) is 21.1 Å². The van der Waals surface area contributed by atoms with Crippen LogP contribution in [0.15, 0.2) is 73.3 Å². The number of amides is 1. The molecule has 1 heterocycles. The Morgan fingerprint density at radius 2 is 1.85 bits per heavy atom. The monoisotopic (exact) mass is 589 g/mol. The van der Waals surface area contributed by atoms with Crippen molar-refractivity contribution in [1.29, 1.82) is 0 Å². The number of ether oxygens (including phenoxy) is 2. The molecule has 1 amide bonds.